The maximum Gasteiger partial charge on any atom is 0.319 e. The molecule has 2 atom stereocenters. The largest absolute Gasteiger partial charge is 0.481 e. The third-order valence-corrected chi connectivity index (χ3v) is 3.38. The number of aromatic nitrogens is 2. The highest BCUT2D eigenvalue weighted by molar-refractivity contribution is 5.89. The molecule has 1 heterocycles. The molecule has 7 nitrogen and oxygen atoms in total. The van der Waals surface area contributed by atoms with E-state index in [1.54, 1.807) is 17.9 Å². The average Bonchev–Trinajstić information content (AvgIpc) is 2.87. The van der Waals surface area contributed by atoms with Crippen molar-refractivity contribution in [1.29, 1.82) is 0 Å². The molecule has 0 bridgehead atoms. The van der Waals surface area contributed by atoms with Crippen molar-refractivity contribution in [2.75, 3.05) is 5.32 Å². The van der Waals surface area contributed by atoms with Crippen LogP contribution in [0.4, 0.5) is 10.5 Å². The number of carbonyl (C=O) groups is 2. The zero-order valence-electron chi connectivity index (χ0n) is 11.0. The third kappa shape index (κ3) is 3.24. The van der Waals surface area contributed by atoms with Gasteiger partial charge in [-0.2, -0.15) is 5.10 Å². The van der Waals surface area contributed by atoms with Gasteiger partial charge in [0, 0.05) is 19.3 Å². The molecule has 1 saturated carbocycles. The second-order valence-corrected chi connectivity index (χ2v) is 4.95. The first kappa shape index (κ1) is 13.4. The Morgan fingerprint density at radius 1 is 1.47 bits per heavy atom. The Bertz CT molecular complexity index is 497. The molecule has 3 N–H and O–H groups in total. The lowest BCUT2D eigenvalue weighted by Gasteiger charge is -2.12. The van der Waals surface area contributed by atoms with Gasteiger partial charge in [-0.3, -0.25) is 9.48 Å². The van der Waals surface area contributed by atoms with Crippen molar-refractivity contribution >= 4 is 17.7 Å². The number of carboxylic acids is 1. The molecule has 1 aromatic heterocycles. The van der Waals surface area contributed by atoms with Gasteiger partial charge < -0.3 is 15.7 Å². The zero-order chi connectivity index (χ0) is 14.0. The van der Waals surface area contributed by atoms with E-state index in [2.05, 4.69) is 15.7 Å². The number of anilines is 1. The number of aliphatic carboxylic acids is 1. The maximum absolute atomic E-state index is 11.8. The standard InChI is InChI=1S/C12H18N4O3/c1-7-10(6-16(2)15-7)14-12(19)13-9-4-3-8(5-9)11(17)18/h6,8-9H,3-5H2,1-2H3,(H,17,18)(H2,13,14,19). The summed E-state index contributed by atoms with van der Waals surface area (Å²) in [5.74, 6) is -1.13. The molecule has 0 saturated heterocycles. The minimum Gasteiger partial charge on any atom is -0.481 e. The highest BCUT2D eigenvalue weighted by Crippen LogP contribution is 2.25. The van der Waals surface area contributed by atoms with E-state index in [1.165, 1.54) is 0 Å². The Balaban J connectivity index is 1.85. The van der Waals surface area contributed by atoms with Gasteiger partial charge in [-0.15, -0.1) is 0 Å². The molecular formula is C12H18N4O3. The molecule has 7 heteroatoms. The number of nitrogens with zero attached hydrogens (tertiary/aromatic N) is 2. The Hall–Kier alpha value is -2.05. The predicted octanol–water partition coefficient (Wildman–Crippen LogP) is 1.10. The summed E-state index contributed by atoms with van der Waals surface area (Å²) in [7, 11) is 1.78. The number of amides is 2. The number of aryl methyl sites for hydroxylation is 2. The summed E-state index contributed by atoms with van der Waals surface area (Å²) in [6, 6.07) is -0.384. The van der Waals surface area contributed by atoms with Gasteiger partial charge in [0.15, 0.2) is 0 Å². The summed E-state index contributed by atoms with van der Waals surface area (Å²) in [5.41, 5.74) is 1.40. The molecular weight excluding hydrogens is 248 g/mol. The Morgan fingerprint density at radius 3 is 2.74 bits per heavy atom. The summed E-state index contributed by atoms with van der Waals surface area (Å²) < 4.78 is 1.63. The zero-order valence-corrected chi connectivity index (χ0v) is 11.0. The smallest absolute Gasteiger partial charge is 0.319 e. The van der Waals surface area contributed by atoms with Crippen molar-refractivity contribution in [2.45, 2.75) is 32.2 Å². The fourth-order valence-electron chi connectivity index (χ4n) is 2.40. The van der Waals surface area contributed by atoms with Crippen molar-refractivity contribution in [1.82, 2.24) is 15.1 Å². The molecule has 1 fully saturated rings. The average molecular weight is 266 g/mol. The van der Waals surface area contributed by atoms with Crippen LogP contribution in [-0.2, 0) is 11.8 Å². The summed E-state index contributed by atoms with van der Waals surface area (Å²) in [6.07, 6.45) is 3.54. The van der Waals surface area contributed by atoms with Crippen LogP contribution in [-0.4, -0.2) is 32.9 Å². The molecule has 0 aliphatic heterocycles. The van der Waals surface area contributed by atoms with Crippen molar-refractivity contribution < 1.29 is 14.7 Å². The van der Waals surface area contributed by atoms with Gasteiger partial charge in [0.2, 0.25) is 0 Å². The summed E-state index contributed by atoms with van der Waals surface area (Å²) >= 11 is 0. The second-order valence-electron chi connectivity index (χ2n) is 4.95. The Labute approximate surface area is 111 Å². The fourth-order valence-corrected chi connectivity index (χ4v) is 2.40. The van der Waals surface area contributed by atoms with Gasteiger partial charge in [0.1, 0.15) is 0 Å². The molecule has 1 aliphatic carbocycles. The molecule has 0 radical (unpaired) electrons. The second kappa shape index (κ2) is 5.29. The van der Waals surface area contributed by atoms with Gasteiger partial charge in [0.25, 0.3) is 0 Å². The lowest BCUT2D eigenvalue weighted by atomic mass is 10.1. The quantitative estimate of drug-likeness (QED) is 0.763. The first-order valence-electron chi connectivity index (χ1n) is 6.26. The number of carbonyl (C=O) groups excluding carboxylic acids is 1. The van der Waals surface area contributed by atoms with E-state index in [4.69, 9.17) is 5.11 Å². The number of hydrogen-bond acceptors (Lipinski definition) is 3. The van der Waals surface area contributed by atoms with Crippen LogP contribution in [0.5, 0.6) is 0 Å². The Kier molecular flexibility index (Phi) is 3.73. The molecule has 2 unspecified atom stereocenters. The van der Waals surface area contributed by atoms with E-state index in [1.807, 2.05) is 6.92 Å². The molecule has 0 spiro atoms. The normalized spacial score (nSPS) is 22.2. The van der Waals surface area contributed by atoms with Crippen LogP contribution in [0.25, 0.3) is 0 Å². The summed E-state index contributed by atoms with van der Waals surface area (Å²) in [6.45, 7) is 1.81. The van der Waals surface area contributed by atoms with Crippen LogP contribution in [0.2, 0.25) is 0 Å². The number of rotatable bonds is 3. The van der Waals surface area contributed by atoms with Crippen molar-refractivity contribution in [3.8, 4) is 0 Å². The van der Waals surface area contributed by atoms with E-state index in [0.29, 0.717) is 24.9 Å². The molecule has 19 heavy (non-hydrogen) atoms. The topological polar surface area (TPSA) is 96.3 Å². The van der Waals surface area contributed by atoms with Gasteiger partial charge in [0.05, 0.1) is 17.3 Å². The molecule has 1 aromatic rings. The number of hydrogen-bond donors (Lipinski definition) is 3. The lowest BCUT2D eigenvalue weighted by molar-refractivity contribution is -0.141. The van der Waals surface area contributed by atoms with E-state index < -0.39 is 5.97 Å². The first-order chi connectivity index (χ1) is 8.95. The van der Waals surface area contributed by atoms with E-state index in [9.17, 15) is 9.59 Å². The maximum atomic E-state index is 11.8. The van der Waals surface area contributed by atoms with Crippen LogP contribution >= 0.6 is 0 Å². The molecule has 1 aliphatic rings. The third-order valence-electron chi connectivity index (χ3n) is 3.38. The van der Waals surface area contributed by atoms with Gasteiger partial charge in [-0.1, -0.05) is 0 Å². The SMILES string of the molecule is Cc1nn(C)cc1NC(=O)NC1CCC(C(=O)O)C1. The highest BCUT2D eigenvalue weighted by atomic mass is 16.4. The van der Waals surface area contributed by atoms with Crippen LogP contribution in [0, 0.1) is 12.8 Å². The van der Waals surface area contributed by atoms with Crippen molar-refractivity contribution in [3.63, 3.8) is 0 Å². The van der Waals surface area contributed by atoms with Gasteiger partial charge in [-0.05, 0) is 26.2 Å². The summed E-state index contributed by atoms with van der Waals surface area (Å²) in [5, 5.41) is 18.5. The van der Waals surface area contributed by atoms with Crippen LogP contribution in [0.15, 0.2) is 6.20 Å². The van der Waals surface area contributed by atoms with Gasteiger partial charge in [-0.25, -0.2) is 4.79 Å². The van der Waals surface area contributed by atoms with Crippen LogP contribution in [0.3, 0.4) is 0 Å². The molecule has 2 amide bonds. The lowest BCUT2D eigenvalue weighted by Crippen LogP contribution is -2.36. The van der Waals surface area contributed by atoms with E-state index in [-0.39, 0.29) is 18.0 Å². The van der Waals surface area contributed by atoms with Crippen molar-refractivity contribution in [2.24, 2.45) is 13.0 Å². The minimum atomic E-state index is -0.784. The first-order valence-corrected chi connectivity index (χ1v) is 6.26. The highest BCUT2D eigenvalue weighted by Gasteiger charge is 2.30. The number of carboxylic acid groups (broad SMARTS) is 1. The number of nitrogens with one attached hydrogen (secondary N) is 2. The predicted molar refractivity (Wildman–Crippen MR) is 68.9 cm³/mol. The Morgan fingerprint density at radius 2 is 2.21 bits per heavy atom. The molecule has 2 rings (SSSR count). The minimum absolute atomic E-state index is 0.0712. The monoisotopic (exact) mass is 266 g/mol. The summed E-state index contributed by atoms with van der Waals surface area (Å²) in [4.78, 5) is 22.6. The van der Waals surface area contributed by atoms with E-state index >= 15 is 0 Å². The molecule has 0 aromatic carbocycles. The number of urea groups is 1. The molecule has 104 valence electrons. The van der Waals surface area contributed by atoms with Crippen LogP contribution in [0.1, 0.15) is 25.0 Å². The van der Waals surface area contributed by atoms with E-state index in [0.717, 1.165) is 5.69 Å². The van der Waals surface area contributed by atoms with Crippen LogP contribution < -0.4 is 10.6 Å². The van der Waals surface area contributed by atoms with Gasteiger partial charge >= 0.3 is 12.0 Å². The fraction of sp³-hybridized carbons (Fsp3) is 0.583. The van der Waals surface area contributed by atoms with Crippen molar-refractivity contribution in [3.05, 3.63) is 11.9 Å².